The Hall–Kier alpha value is -2.24. The van der Waals surface area contributed by atoms with Crippen molar-refractivity contribution in [1.82, 2.24) is 10.2 Å². The third kappa shape index (κ3) is 7.42. The number of nitrogens with one attached hydrogen (secondary N) is 1. The fourth-order valence-electron chi connectivity index (χ4n) is 3.06. The molecule has 0 bridgehead atoms. The molecule has 0 heterocycles. The number of carbonyl (C=O) groups excluding carboxylic acids is 2. The number of halogens is 2. The molecule has 0 aliphatic rings. The molecule has 2 amide bonds. The zero-order chi connectivity index (χ0) is 23.8. The molecule has 0 radical (unpaired) electrons. The van der Waals surface area contributed by atoms with E-state index in [9.17, 15) is 9.59 Å². The Labute approximate surface area is 201 Å². The molecule has 2 aromatic carbocycles. The minimum atomic E-state index is -0.699. The van der Waals surface area contributed by atoms with Gasteiger partial charge < -0.3 is 15.0 Å². The monoisotopic (exact) mass is 478 g/mol. The van der Waals surface area contributed by atoms with Gasteiger partial charge in [-0.2, -0.15) is 0 Å². The SMILES string of the molecule is CC[C@H](C)NC(=O)[C@@H](C)N(Cc1ccc(Cl)cc1Cl)C(=O)COc1ccc(C(C)C)cc1. The van der Waals surface area contributed by atoms with E-state index in [2.05, 4.69) is 19.2 Å². The Morgan fingerprint density at radius 3 is 2.25 bits per heavy atom. The molecule has 2 rings (SSSR count). The lowest BCUT2D eigenvalue weighted by molar-refractivity contribution is -0.142. The Balaban J connectivity index is 2.17. The highest BCUT2D eigenvalue weighted by Crippen LogP contribution is 2.24. The summed E-state index contributed by atoms with van der Waals surface area (Å²) in [6.07, 6.45) is 0.797. The summed E-state index contributed by atoms with van der Waals surface area (Å²) in [5.41, 5.74) is 1.90. The zero-order valence-corrected chi connectivity index (χ0v) is 20.8. The van der Waals surface area contributed by atoms with Crippen LogP contribution in [-0.4, -0.2) is 35.4 Å². The predicted molar refractivity (Wildman–Crippen MR) is 130 cm³/mol. The maximum atomic E-state index is 13.1. The molecule has 2 atom stereocenters. The van der Waals surface area contributed by atoms with E-state index >= 15 is 0 Å². The molecule has 0 unspecified atom stereocenters. The number of amides is 2. The standard InChI is InChI=1S/C25H32Cl2N2O3/c1-6-17(4)28-25(31)18(5)29(14-20-7-10-21(26)13-23(20)27)24(30)15-32-22-11-8-19(9-12-22)16(2)3/h7-13,16-18H,6,14-15H2,1-5H3,(H,28,31)/t17-,18+/m0/s1. The minimum Gasteiger partial charge on any atom is -0.484 e. The second-order valence-electron chi connectivity index (χ2n) is 8.26. The van der Waals surface area contributed by atoms with Crippen LogP contribution >= 0.6 is 23.2 Å². The Bertz CT molecular complexity index is 916. The first-order chi connectivity index (χ1) is 15.1. The first kappa shape index (κ1) is 26.0. The molecular formula is C25H32Cl2N2O3. The summed E-state index contributed by atoms with van der Waals surface area (Å²) >= 11 is 12.3. The molecule has 0 saturated heterocycles. The van der Waals surface area contributed by atoms with Crippen LogP contribution in [0, 0.1) is 0 Å². The van der Waals surface area contributed by atoms with Gasteiger partial charge in [0.05, 0.1) is 0 Å². The van der Waals surface area contributed by atoms with Crippen LogP contribution in [0.2, 0.25) is 10.0 Å². The van der Waals surface area contributed by atoms with Gasteiger partial charge in [0.2, 0.25) is 5.91 Å². The van der Waals surface area contributed by atoms with Crippen LogP contribution in [0.15, 0.2) is 42.5 Å². The normalized spacial score (nSPS) is 12.9. The van der Waals surface area contributed by atoms with Crippen LogP contribution in [0.25, 0.3) is 0 Å². The van der Waals surface area contributed by atoms with Crippen molar-refractivity contribution >= 4 is 35.0 Å². The lowest BCUT2D eigenvalue weighted by Gasteiger charge is -2.30. The van der Waals surface area contributed by atoms with Crippen LogP contribution in [-0.2, 0) is 16.1 Å². The van der Waals surface area contributed by atoms with Gasteiger partial charge in [0.25, 0.3) is 5.91 Å². The molecule has 32 heavy (non-hydrogen) atoms. The van der Waals surface area contributed by atoms with Crippen LogP contribution in [0.4, 0.5) is 0 Å². The van der Waals surface area contributed by atoms with Crippen LogP contribution in [0.5, 0.6) is 5.75 Å². The number of rotatable bonds is 10. The molecular weight excluding hydrogens is 447 g/mol. The molecule has 2 aromatic rings. The molecule has 5 nitrogen and oxygen atoms in total. The van der Waals surface area contributed by atoms with Crippen molar-refractivity contribution in [3.63, 3.8) is 0 Å². The second-order valence-corrected chi connectivity index (χ2v) is 9.11. The summed E-state index contributed by atoms with van der Waals surface area (Å²) in [5.74, 6) is 0.480. The van der Waals surface area contributed by atoms with E-state index in [-0.39, 0.29) is 31.0 Å². The maximum absolute atomic E-state index is 13.1. The van der Waals surface area contributed by atoms with Crippen LogP contribution in [0.3, 0.4) is 0 Å². The summed E-state index contributed by atoms with van der Waals surface area (Å²) < 4.78 is 5.73. The molecule has 7 heteroatoms. The third-order valence-electron chi connectivity index (χ3n) is 5.43. The summed E-state index contributed by atoms with van der Waals surface area (Å²) in [6.45, 7) is 9.83. The lowest BCUT2D eigenvalue weighted by atomic mass is 10.0. The summed E-state index contributed by atoms with van der Waals surface area (Å²) in [4.78, 5) is 27.4. The molecule has 0 aliphatic carbocycles. The fourth-order valence-corrected chi connectivity index (χ4v) is 3.53. The van der Waals surface area contributed by atoms with E-state index in [1.54, 1.807) is 25.1 Å². The highest BCUT2D eigenvalue weighted by Gasteiger charge is 2.27. The van der Waals surface area contributed by atoms with E-state index in [4.69, 9.17) is 27.9 Å². The van der Waals surface area contributed by atoms with Gasteiger partial charge in [-0.3, -0.25) is 9.59 Å². The smallest absolute Gasteiger partial charge is 0.261 e. The Kier molecular flexibility index (Phi) is 9.85. The van der Waals surface area contributed by atoms with Crippen molar-refractivity contribution in [2.75, 3.05) is 6.61 Å². The molecule has 0 aromatic heterocycles. The number of ether oxygens (including phenoxy) is 1. The maximum Gasteiger partial charge on any atom is 0.261 e. The van der Waals surface area contributed by atoms with Crippen molar-refractivity contribution in [3.05, 3.63) is 63.6 Å². The molecule has 174 valence electrons. The first-order valence-electron chi connectivity index (χ1n) is 10.9. The third-order valence-corrected chi connectivity index (χ3v) is 6.02. The van der Waals surface area contributed by atoms with Crippen molar-refractivity contribution in [1.29, 1.82) is 0 Å². The van der Waals surface area contributed by atoms with Gasteiger partial charge in [-0.25, -0.2) is 0 Å². The van der Waals surface area contributed by atoms with Gasteiger partial charge in [-0.1, -0.05) is 62.2 Å². The van der Waals surface area contributed by atoms with Crippen molar-refractivity contribution in [2.24, 2.45) is 0 Å². The number of benzene rings is 2. The van der Waals surface area contributed by atoms with Crippen molar-refractivity contribution in [3.8, 4) is 5.75 Å². The lowest BCUT2D eigenvalue weighted by Crippen LogP contribution is -2.50. The first-order valence-corrected chi connectivity index (χ1v) is 11.6. The average Bonchev–Trinajstić information content (AvgIpc) is 2.76. The van der Waals surface area contributed by atoms with Gasteiger partial charge in [-0.05, 0) is 61.6 Å². The molecule has 1 N–H and O–H groups in total. The minimum absolute atomic E-state index is 0.0109. The van der Waals surface area contributed by atoms with Crippen LogP contribution < -0.4 is 10.1 Å². The summed E-state index contributed by atoms with van der Waals surface area (Å²) in [5, 5.41) is 3.88. The highest BCUT2D eigenvalue weighted by molar-refractivity contribution is 6.35. The van der Waals surface area contributed by atoms with Gasteiger partial charge in [0.1, 0.15) is 11.8 Å². The quantitative estimate of drug-likeness (QED) is 0.467. The predicted octanol–water partition coefficient (Wildman–Crippen LogP) is 5.83. The van der Waals surface area contributed by atoms with Gasteiger partial charge in [-0.15, -0.1) is 0 Å². The summed E-state index contributed by atoms with van der Waals surface area (Å²) in [7, 11) is 0. The second kappa shape index (κ2) is 12.1. The molecule has 0 fully saturated rings. The van der Waals surface area contributed by atoms with Crippen molar-refractivity contribution < 1.29 is 14.3 Å². The fraction of sp³-hybridized carbons (Fsp3) is 0.440. The largest absolute Gasteiger partial charge is 0.484 e. The zero-order valence-electron chi connectivity index (χ0n) is 19.3. The number of carbonyl (C=O) groups is 2. The number of nitrogens with zero attached hydrogens (tertiary/aromatic N) is 1. The van der Waals surface area contributed by atoms with Gasteiger partial charge in [0.15, 0.2) is 6.61 Å². The van der Waals surface area contributed by atoms with E-state index in [0.717, 1.165) is 6.42 Å². The summed E-state index contributed by atoms with van der Waals surface area (Å²) in [6, 6.07) is 12.1. The van der Waals surface area contributed by atoms with Crippen LogP contribution in [0.1, 0.15) is 58.1 Å². The highest BCUT2D eigenvalue weighted by atomic mass is 35.5. The number of hydrogen-bond donors (Lipinski definition) is 1. The Morgan fingerprint density at radius 1 is 1.03 bits per heavy atom. The van der Waals surface area contributed by atoms with Crippen molar-refractivity contribution in [2.45, 2.75) is 65.6 Å². The van der Waals surface area contributed by atoms with E-state index < -0.39 is 6.04 Å². The average molecular weight is 479 g/mol. The van der Waals surface area contributed by atoms with E-state index in [1.807, 2.05) is 38.1 Å². The van der Waals surface area contributed by atoms with Gasteiger partial charge in [0, 0.05) is 22.6 Å². The molecule has 0 spiro atoms. The van der Waals surface area contributed by atoms with E-state index in [0.29, 0.717) is 27.3 Å². The number of hydrogen-bond acceptors (Lipinski definition) is 3. The Morgan fingerprint density at radius 2 is 1.69 bits per heavy atom. The van der Waals surface area contributed by atoms with Gasteiger partial charge >= 0.3 is 0 Å². The molecule has 0 aliphatic heterocycles. The van der Waals surface area contributed by atoms with E-state index in [1.165, 1.54) is 10.5 Å². The topological polar surface area (TPSA) is 58.6 Å². The molecule has 0 saturated carbocycles.